The van der Waals surface area contributed by atoms with Crippen LogP contribution in [0.2, 0.25) is 0 Å². The van der Waals surface area contributed by atoms with Gasteiger partial charge in [0.15, 0.2) is 0 Å². The minimum Gasteiger partial charge on any atom is -0.435 e. The third-order valence-corrected chi connectivity index (χ3v) is 2.06. The van der Waals surface area contributed by atoms with Gasteiger partial charge in [0.05, 0.1) is 6.20 Å². The summed E-state index contributed by atoms with van der Waals surface area (Å²) in [6.45, 7) is -2.81. The Morgan fingerprint density at radius 1 is 1.25 bits per heavy atom. The highest BCUT2D eigenvalue weighted by molar-refractivity contribution is 5.73. The van der Waals surface area contributed by atoms with Gasteiger partial charge in [-0.2, -0.15) is 13.9 Å². The SMILES string of the molecule is Nc1[nH]ncc1-c1ccc(OC(F)F)cc1. The summed E-state index contributed by atoms with van der Waals surface area (Å²) >= 11 is 0. The van der Waals surface area contributed by atoms with Crippen LogP contribution in [0.25, 0.3) is 11.1 Å². The molecule has 0 aliphatic rings. The zero-order valence-electron chi connectivity index (χ0n) is 8.15. The van der Waals surface area contributed by atoms with E-state index in [4.69, 9.17) is 5.73 Å². The Balaban J connectivity index is 2.23. The molecule has 2 rings (SSSR count). The molecule has 0 unspecified atom stereocenters. The van der Waals surface area contributed by atoms with Crippen LogP contribution < -0.4 is 10.5 Å². The maximum atomic E-state index is 11.9. The van der Waals surface area contributed by atoms with E-state index >= 15 is 0 Å². The second kappa shape index (κ2) is 4.18. The summed E-state index contributed by atoms with van der Waals surface area (Å²) in [7, 11) is 0. The Hall–Kier alpha value is -2.11. The summed E-state index contributed by atoms with van der Waals surface area (Å²) in [6.07, 6.45) is 1.57. The van der Waals surface area contributed by atoms with Gasteiger partial charge < -0.3 is 10.5 Å². The summed E-state index contributed by atoms with van der Waals surface area (Å²) in [5.41, 5.74) is 7.13. The number of benzene rings is 1. The van der Waals surface area contributed by atoms with Crippen LogP contribution in [0.15, 0.2) is 30.5 Å². The van der Waals surface area contributed by atoms with Crippen molar-refractivity contribution in [2.45, 2.75) is 6.61 Å². The first-order valence-electron chi connectivity index (χ1n) is 4.51. The molecular formula is C10H9F2N3O. The smallest absolute Gasteiger partial charge is 0.387 e. The number of ether oxygens (including phenoxy) is 1. The molecule has 0 aliphatic heterocycles. The zero-order valence-corrected chi connectivity index (χ0v) is 8.15. The van der Waals surface area contributed by atoms with Gasteiger partial charge in [0.2, 0.25) is 0 Å². The minimum atomic E-state index is -2.81. The molecule has 2 aromatic rings. The molecular weight excluding hydrogens is 216 g/mol. The molecule has 84 valence electrons. The van der Waals surface area contributed by atoms with Crippen molar-refractivity contribution in [3.63, 3.8) is 0 Å². The van der Waals surface area contributed by atoms with Gasteiger partial charge in [0.1, 0.15) is 11.6 Å². The van der Waals surface area contributed by atoms with E-state index in [1.54, 1.807) is 18.3 Å². The number of hydrogen-bond acceptors (Lipinski definition) is 3. The molecule has 0 fully saturated rings. The van der Waals surface area contributed by atoms with E-state index in [9.17, 15) is 8.78 Å². The number of halogens is 2. The molecule has 0 radical (unpaired) electrons. The number of aromatic amines is 1. The van der Waals surface area contributed by atoms with E-state index in [0.29, 0.717) is 5.82 Å². The highest BCUT2D eigenvalue weighted by Crippen LogP contribution is 2.25. The summed E-state index contributed by atoms with van der Waals surface area (Å²) < 4.78 is 28.0. The maximum absolute atomic E-state index is 11.9. The lowest BCUT2D eigenvalue weighted by Gasteiger charge is -2.05. The van der Waals surface area contributed by atoms with Crippen molar-refractivity contribution >= 4 is 5.82 Å². The molecule has 3 N–H and O–H groups in total. The standard InChI is InChI=1S/C10H9F2N3O/c11-10(12)16-7-3-1-6(2-4-7)8-5-14-15-9(8)13/h1-5,10H,(H3,13,14,15). The first kappa shape index (κ1) is 10.4. The fourth-order valence-electron chi connectivity index (χ4n) is 1.34. The van der Waals surface area contributed by atoms with E-state index in [0.717, 1.165) is 11.1 Å². The van der Waals surface area contributed by atoms with E-state index in [-0.39, 0.29) is 5.75 Å². The van der Waals surface area contributed by atoms with Crippen LogP contribution in [-0.2, 0) is 0 Å². The predicted octanol–water partition coefficient (Wildman–Crippen LogP) is 2.26. The van der Waals surface area contributed by atoms with E-state index in [1.165, 1.54) is 12.1 Å². The van der Waals surface area contributed by atoms with Crippen molar-refractivity contribution in [1.29, 1.82) is 0 Å². The van der Waals surface area contributed by atoms with Crippen LogP contribution in [0, 0.1) is 0 Å². The number of nitrogen functional groups attached to an aromatic ring is 1. The molecule has 1 heterocycles. The quantitative estimate of drug-likeness (QED) is 0.842. The van der Waals surface area contributed by atoms with Gasteiger partial charge in [0.25, 0.3) is 0 Å². The summed E-state index contributed by atoms with van der Waals surface area (Å²) in [5, 5.41) is 6.36. The van der Waals surface area contributed by atoms with Crippen molar-refractivity contribution in [1.82, 2.24) is 10.2 Å². The number of nitrogens with zero attached hydrogens (tertiary/aromatic N) is 1. The van der Waals surface area contributed by atoms with Gasteiger partial charge in [-0.05, 0) is 17.7 Å². The zero-order chi connectivity index (χ0) is 11.5. The van der Waals surface area contributed by atoms with Crippen LogP contribution in [0.4, 0.5) is 14.6 Å². The lowest BCUT2D eigenvalue weighted by atomic mass is 10.1. The second-order valence-corrected chi connectivity index (χ2v) is 3.10. The molecule has 1 aromatic carbocycles. The molecule has 0 bridgehead atoms. The van der Waals surface area contributed by atoms with Gasteiger partial charge in [-0.15, -0.1) is 0 Å². The molecule has 0 saturated heterocycles. The van der Waals surface area contributed by atoms with E-state index in [1.807, 2.05) is 0 Å². The molecule has 4 nitrogen and oxygen atoms in total. The van der Waals surface area contributed by atoms with Gasteiger partial charge >= 0.3 is 6.61 Å². The molecule has 0 atom stereocenters. The fourth-order valence-corrected chi connectivity index (χ4v) is 1.34. The predicted molar refractivity (Wildman–Crippen MR) is 55.1 cm³/mol. The number of alkyl halides is 2. The third kappa shape index (κ3) is 2.10. The monoisotopic (exact) mass is 225 g/mol. The Kier molecular flexibility index (Phi) is 2.72. The van der Waals surface area contributed by atoms with Crippen molar-refractivity contribution in [3.8, 4) is 16.9 Å². The molecule has 0 spiro atoms. The molecule has 16 heavy (non-hydrogen) atoms. The van der Waals surface area contributed by atoms with Crippen molar-refractivity contribution in [2.24, 2.45) is 0 Å². The number of nitrogens with one attached hydrogen (secondary N) is 1. The molecule has 6 heteroatoms. The molecule has 1 aromatic heterocycles. The van der Waals surface area contributed by atoms with Crippen LogP contribution >= 0.6 is 0 Å². The number of anilines is 1. The lowest BCUT2D eigenvalue weighted by molar-refractivity contribution is -0.0498. The fraction of sp³-hybridized carbons (Fsp3) is 0.100. The Morgan fingerprint density at radius 2 is 1.94 bits per heavy atom. The highest BCUT2D eigenvalue weighted by Gasteiger charge is 2.06. The van der Waals surface area contributed by atoms with Crippen LogP contribution in [0.1, 0.15) is 0 Å². The normalized spacial score (nSPS) is 10.7. The van der Waals surface area contributed by atoms with Crippen LogP contribution in [0.5, 0.6) is 5.75 Å². The Morgan fingerprint density at radius 3 is 2.44 bits per heavy atom. The van der Waals surface area contributed by atoms with Gasteiger partial charge in [0, 0.05) is 5.56 Å². The first-order chi connectivity index (χ1) is 7.66. The Bertz CT molecular complexity index is 467. The first-order valence-corrected chi connectivity index (χ1v) is 4.51. The van der Waals surface area contributed by atoms with Gasteiger partial charge in [-0.3, -0.25) is 5.10 Å². The van der Waals surface area contributed by atoms with Crippen molar-refractivity contribution < 1.29 is 13.5 Å². The van der Waals surface area contributed by atoms with E-state index < -0.39 is 6.61 Å². The number of nitrogens with two attached hydrogens (primary N) is 1. The summed E-state index contributed by atoms with van der Waals surface area (Å²) in [6, 6.07) is 6.18. The largest absolute Gasteiger partial charge is 0.435 e. The van der Waals surface area contributed by atoms with Gasteiger partial charge in [-0.1, -0.05) is 12.1 Å². The average molecular weight is 225 g/mol. The van der Waals surface area contributed by atoms with Crippen molar-refractivity contribution in [3.05, 3.63) is 30.5 Å². The molecule has 0 saturated carbocycles. The Labute approximate surface area is 90.0 Å². The average Bonchev–Trinajstić information content (AvgIpc) is 2.65. The summed E-state index contributed by atoms with van der Waals surface area (Å²) in [4.78, 5) is 0. The lowest BCUT2D eigenvalue weighted by Crippen LogP contribution is -2.01. The molecule has 0 aliphatic carbocycles. The van der Waals surface area contributed by atoms with E-state index in [2.05, 4.69) is 14.9 Å². The van der Waals surface area contributed by atoms with Crippen LogP contribution in [0.3, 0.4) is 0 Å². The summed E-state index contributed by atoms with van der Waals surface area (Å²) in [5.74, 6) is 0.545. The maximum Gasteiger partial charge on any atom is 0.387 e. The highest BCUT2D eigenvalue weighted by atomic mass is 19.3. The van der Waals surface area contributed by atoms with Crippen LogP contribution in [-0.4, -0.2) is 16.8 Å². The minimum absolute atomic E-state index is 0.112. The number of aromatic nitrogens is 2. The topological polar surface area (TPSA) is 63.9 Å². The number of hydrogen-bond donors (Lipinski definition) is 2. The van der Waals surface area contributed by atoms with Crippen molar-refractivity contribution in [2.75, 3.05) is 5.73 Å². The molecule has 0 amide bonds. The number of rotatable bonds is 3. The third-order valence-electron chi connectivity index (χ3n) is 2.06. The number of H-pyrrole nitrogens is 1. The van der Waals surface area contributed by atoms with Gasteiger partial charge in [-0.25, -0.2) is 0 Å². The second-order valence-electron chi connectivity index (χ2n) is 3.10.